The van der Waals surface area contributed by atoms with Crippen LogP contribution in [0.3, 0.4) is 0 Å². The molecular formula is C15H32N2. The number of nitrogens with zero attached hydrogens (tertiary/aromatic N) is 1. The van der Waals surface area contributed by atoms with Crippen molar-refractivity contribution < 1.29 is 0 Å². The molecule has 1 fully saturated rings. The van der Waals surface area contributed by atoms with E-state index < -0.39 is 0 Å². The zero-order chi connectivity index (χ0) is 12.5. The number of rotatable bonds is 8. The molecule has 1 atom stereocenters. The summed E-state index contributed by atoms with van der Waals surface area (Å²) < 4.78 is 0. The standard InChI is InChI=1S/C15H32N2/c1-4-7-14-8-11-17(12-9-14)13-15(6-3)16-10-5-2/h14-16H,4-13H2,1-3H3. The Balaban J connectivity index is 2.19. The van der Waals surface area contributed by atoms with Gasteiger partial charge in [-0.25, -0.2) is 0 Å². The Morgan fingerprint density at radius 2 is 1.82 bits per heavy atom. The summed E-state index contributed by atoms with van der Waals surface area (Å²) in [6.07, 6.45) is 8.17. The van der Waals surface area contributed by atoms with Gasteiger partial charge in [-0.05, 0) is 51.2 Å². The smallest absolute Gasteiger partial charge is 0.0192 e. The van der Waals surface area contributed by atoms with Gasteiger partial charge in [-0.3, -0.25) is 0 Å². The molecule has 1 unspecified atom stereocenters. The summed E-state index contributed by atoms with van der Waals surface area (Å²) in [6.45, 7) is 11.9. The highest BCUT2D eigenvalue weighted by molar-refractivity contribution is 4.76. The van der Waals surface area contributed by atoms with Gasteiger partial charge < -0.3 is 10.2 Å². The van der Waals surface area contributed by atoms with Crippen molar-refractivity contribution in [3.8, 4) is 0 Å². The Bertz CT molecular complexity index is 174. The van der Waals surface area contributed by atoms with Crippen LogP contribution in [-0.4, -0.2) is 37.1 Å². The molecule has 17 heavy (non-hydrogen) atoms. The van der Waals surface area contributed by atoms with Gasteiger partial charge in [0, 0.05) is 12.6 Å². The first kappa shape index (κ1) is 15.0. The Hall–Kier alpha value is -0.0800. The quantitative estimate of drug-likeness (QED) is 0.700. The van der Waals surface area contributed by atoms with Gasteiger partial charge in [-0.15, -0.1) is 0 Å². The van der Waals surface area contributed by atoms with Crippen LogP contribution >= 0.6 is 0 Å². The van der Waals surface area contributed by atoms with Crippen LogP contribution in [-0.2, 0) is 0 Å². The lowest BCUT2D eigenvalue weighted by molar-refractivity contribution is 0.162. The third-order valence-corrected chi connectivity index (χ3v) is 4.06. The van der Waals surface area contributed by atoms with E-state index in [1.807, 2.05) is 0 Å². The molecule has 0 saturated carbocycles. The van der Waals surface area contributed by atoms with E-state index in [9.17, 15) is 0 Å². The fourth-order valence-corrected chi connectivity index (χ4v) is 2.86. The van der Waals surface area contributed by atoms with E-state index >= 15 is 0 Å². The molecule has 0 aromatic heterocycles. The molecule has 0 aromatic carbocycles. The minimum atomic E-state index is 0.706. The van der Waals surface area contributed by atoms with Crippen molar-refractivity contribution in [3.63, 3.8) is 0 Å². The van der Waals surface area contributed by atoms with Gasteiger partial charge in [0.05, 0.1) is 0 Å². The molecule has 1 heterocycles. The van der Waals surface area contributed by atoms with Crippen LogP contribution in [0.2, 0.25) is 0 Å². The molecule has 1 aliphatic heterocycles. The summed E-state index contributed by atoms with van der Waals surface area (Å²) in [6, 6.07) is 0.706. The molecule has 0 radical (unpaired) electrons. The van der Waals surface area contributed by atoms with Gasteiger partial charge in [-0.2, -0.15) is 0 Å². The van der Waals surface area contributed by atoms with Crippen molar-refractivity contribution >= 4 is 0 Å². The summed E-state index contributed by atoms with van der Waals surface area (Å²) in [5.74, 6) is 1.01. The first-order valence-electron chi connectivity index (χ1n) is 7.75. The van der Waals surface area contributed by atoms with Crippen LogP contribution in [0, 0.1) is 5.92 Å². The monoisotopic (exact) mass is 240 g/mol. The maximum Gasteiger partial charge on any atom is 0.0192 e. The van der Waals surface area contributed by atoms with Crippen LogP contribution < -0.4 is 5.32 Å². The van der Waals surface area contributed by atoms with E-state index in [0.29, 0.717) is 6.04 Å². The molecule has 0 aromatic rings. The van der Waals surface area contributed by atoms with E-state index in [2.05, 4.69) is 31.0 Å². The first-order chi connectivity index (χ1) is 8.30. The summed E-state index contributed by atoms with van der Waals surface area (Å²) in [7, 11) is 0. The van der Waals surface area contributed by atoms with E-state index in [1.165, 1.54) is 64.7 Å². The van der Waals surface area contributed by atoms with Crippen LogP contribution in [0.25, 0.3) is 0 Å². The summed E-state index contributed by atoms with van der Waals surface area (Å²) in [5.41, 5.74) is 0. The Kier molecular flexibility index (Phi) is 7.87. The van der Waals surface area contributed by atoms with Crippen molar-refractivity contribution in [2.24, 2.45) is 5.92 Å². The van der Waals surface area contributed by atoms with Gasteiger partial charge in [0.25, 0.3) is 0 Å². The van der Waals surface area contributed by atoms with Crippen LogP contribution in [0.15, 0.2) is 0 Å². The summed E-state index contributed by atoms with van der Waals surface area (Å²) >= 11 is 0. The lowest BCUT2D eigenvalue weighted by atomic mass is 9.92. The predicted octanol–water partition coefficient (Wildman–Crippen LogP) is 3.28. The molecule has 1 aliphatic rings. The number of piperidine rings is 1. The van der Waals surface area contributed by atoms with Crippen molar-refractivity contribution in [2.75, 3.05) is 26.2 Å². The van der Waals surface area contributed by atoms with Crippen molar-refractivity contribution in [1.82, 2.24) is 10.2 Å². The van der Waals surface area contributed by atoms with Crippen molar-refractivity contribution in [1.29, 1.82) is 0 Å². The molecule has 0 spiro atoms. The second-order valence-electron chi connectivity index (χ2n) is 5.59. The van der Waals surface area contributed by atoms with E-state index in [0.717, 1.165) is 5.92 Å². The zero-order valence-electron chi connectivity index (χ0n) is 12.2. The lowest BCUT2D eigenvalue weighted by Crippen LogP contribution is -2.44. The Morgan fingerprint density at radius 3 is 2.35 bits per heavy atom. The van der Waals surface area contributed by atoms with Gasteiger partial charge >= 0.3 is 0 Å². The average molecular weight is 240 g/mol. The fourth-order valence-electron chi connectivity index (χ4n) is 2.86. The van der Waals surface area contributed by atoms with Gasteiger partial charge in [0.1, 0.15) is 0 Å². The molecule has 102 valence electrons. The van der Waals surface area contributed by atoms with E-state index in [4.69, 9.17) is 0 Å². The Labute approximate surface area is 108 Å². The van der Waals surface area contributed by atoms with E-state index in [1.54, 1.807) is 0 Å². The van der Waals surface area contributed by atoms with Crippen LogP contribution in [0.5, 0.6) is 0 Å². The zero-order valence-corrected chi connectivity index (χ0v) is 12.2. The molecule has 2 nitrogen and oxygen atoms in total. The fraction of sp³-hybridized carbons (Fsp3) is 1.00. The minimum absolute atomic E-state index is 0.706. The second-order valence-corrected chi connectivity index (χ2v) is 5.59. The molecular weight excluding hydrogens is 208 g/mol. The van der Waals surface area contributed by atoms with Crippen LogP contribution in [0.1, 0.15) is 59.3 Å². The first-order valence-corrected chi connectivity index (χ1v) is 7.75. The molecule has 1 N–H and O–H groups in total. The van der Waals surface area contributed by atoms with Gasteiger partial charge in [-0.1, -0.05) is 33.6 Å². The highest BCUT2D eigenvalue weighted by Gasteiger charge is 2.20. The third kappa shape index (κ3) is 5.87. The predicted molar refractivity (Wildman–Crippen MR) is 76.4 cm³/mol. The minimum Gasteiger partial charge on any atom is -0.313 e. The highest BCUT2D eigenvalue weighted by atomic mass is 15.2. The van der Waals surface area contributed by atoms with Crippen molar-refractivity contribution in [3.05, 3.63) is 0 Å². The Morgan fingerprint density at radius 1 is 1.12 bits per heavy atom. The average Bonchev–Trinajstić information content (AvgIpc) is 2.37. The highest BCUT2D eigenvalue weighted by Crippen LogP contribution is 2.21. The van der Waals surface area contributed by atoms with Crippen LogP contribution in [0.4, 0.5) is 0 Å². The SMILES string of the molecule is CCCNC(CC)CN1CCC(CCC)CC1. The van der Waals surface area contributed by atoms with E-state index in [-0.39, 0.29) is 0 Å². The summed E-state index contributed by atoms with van der Waals surface area (Å²) in [5, 5.41) is 3.66. The van der Waals surface area contributed by atoms with Crippen molar-refractivity contribution in [2.45, 2.75) is 65.3 Å². The maximum atomic E-state index is 3.66. The number of hydrogen-bond donors (Lipinski definition) is 1. The molecule has 2 heteroatoms. The van der Waals surface area contributed by atoms with Gasteiger partial charge in [0.15, 0.2) is 0 Å². The lowest BCUT2D eigenvalue weighted by Gasteiger charge is -2.34. The third-order valence-electron chi connectivity index (χ3n) is 4.06. The number of likely N-dealkylation sites (tertiary alicyclic amines) is 1. The largest absolute Gasteiger partial charge is 0.313 e. The molecule has 0 aliphatic carbocycles. The maximum absolute atomic E-state index is 3.66. The number of nitrogens with one attached hydrogen (secondary N) is 1. The summed E-state index contributed by atoms with van der Waals surface area (Å²) in [4.78, 5) is 2.67. The van der Waals surface area contributed by atoms with Gasteiger partial charge in [0.2, 0.25) is 0 Å². The normalized spacial score (nSPS) is 20.6. The molecule has 1 saturated heterocycles. The topological polar surface area (TPSA) is 15.3 Å². The number of hydrogen-bond acceptors (Lipinski definition) is 2. The molecule has 1 rings (SSSR count). The second kappa shape index (κ2) is 8.93. The molecule has 0 amide bonds. The molecule has 0 bridgehead atoms.